The van der Waals surface area contributed by atoms with Gasteiger partial charge in [0.05, 0.1) is 0 Å². The van der Waals surface area contributed by atoms with Gasteiger partial charge in [-0.15, -0.1) is 0 Å². The monoisotopic (exact) mass is 424 g/mol. The van der Waals surface area contributed by atoms with Crippen LogP contribution in [0.2, 0.25) is 0 Å². The van der Waals surface area contributed by atoms with Crippen LogP contribution in [0, 0.1) is 13.8 Å². The Morgan fingerprint density at radius 1 is 1.03 bits per heavy atom. The van der Waals surface area contributed by atoms with Crippen molar-refractivity contribution in [3.8, 4) is 0 Å². The number of likely N-dealkylation sites (N-methyl/N-ethyl adjacent to an activating group) is 2. The molecule has 1 saturated heterocycles. The number of rotatable bonds is 5. The zero-order valence-corrected chi connectivity index (χ0v) is 18.2. The van der Waals surface area contributed by atoms with Crippen molar-refractivity contribution in [2.45, 2.75) is 27.7 Å². The molecule has 0 atom stereocenters. The number of thiocarbonyl (C=S) groups is 1. The lowest BCUT2D eigenvalue weighted by molar-refractivity contribution is -0.133. The number of hydrogen-bond acceptors (Lipinski definition) is 4. The Kier molecular flexibility index (Phi) is 6.17. The lowest BCUT2D eigenvalue weighted by Gasteiger charge is -2.35. The lowest BCUT2D eigenvalue weighted by Crippen LogP contribution is -2.55. The summed E-state index contributed by atoms with van der Waals surface area (Å²) in [6.45, 7) is 8.06. The van der Waals surface area contributed by atoms with Gasteiger partial charge in [-0.3, -0.25) is 34.3 Å². The maximum absolute atomic E-state index is 12.9. The molecule has 0 radical (unpaired) electrons. The van der Waals surface area contributed by atoms with Gasteiger partial charge in [-0.25, -0.2) is 0 Å². The van der Waals surface area contributed by atoms with Gasteiger partial charge in [0.15, 0.2) is 5.11 Å². The van der Waals surface area contributed by atoms with E-state index in [9.17, 15) is 14.4 Å². The number of aryl methyl sites for hydroxylation is 1. The molecule has 30 heavy (non-hydrogen) atoms. The molecule has 1 N–H and O–H groups in total. The van der Waals surface area contributed by atoms with Gasteiger partial charge in [-0.05, 0) is 69.8 Å². The summed E-state index contributed by atoms with van der Waals surface area (Å²) in [5, 5.41) is 0.229. The highest BCUT2D eigenvalue weighted by Gasteiger charge is 2.38. The van der Waals surface area contributed by atoms with Gasteiger partial charge in [0.2, 0.25) is 0 Å². The molecule has 0 unspecified atom stereocenters. The predicted molar refractivity (Wildman–Crippen MR) is 119 cm³/mol. The minimum Gasteiger partial charge on any atom is -0.285 e. The van der Waals surface area contributed by atoms with E-state index in [2.05, 4.69) is 5.43 Å². The van der Waals surface area contributed by atoms with Crippen molar-refractivity contribution in [3.05, 3.63) is 64.5 Å². The second-order valence-electron chi connectivity index (χ2n) is 6.91. The summed E-state index contributed by atoms with van der Waals surface area (Å²) in [4.78, 5) is 41.1. The number of nitrogens with one attached hydrogen (secondary N) is 1. The summed E-state index contributed by atoms with van der Waals surface area (Å²) < 4.78 is 1.65. The normalized spacial score (nSPS) is 14.4. The van der Waals surface area contributed by atoms with E-state index >= 15 is 0 Å². The van der Waals surface area contributed by atoms with Gasteiger partial charge in [0.1, 0.15) is 5.57 Å². The van der Waals surface area contributed by atoms with E-state index in [0.717, 1.165) is 5.69 Å². The fraction of sp³-hybridized carbons (Fsp3) is 0.273. The summed E-state index contributed by atoms with van der Waals surface area (Å²) in [7, 11) is 0. The molecule has 1 fully saturated rings. The fourth-order valence-electron chi connectivity index (χ4n) is 3.40. The molecular formula is C22H24N4O3S. The van der Waals surface area contributed by atoms with Crippen LogP contribution in [0.4, 0.5) is 0 Å². The molecule has 3 amide bonds. The van der Waals surface area contributed by atoms with Gasteiger partial charge in [-0.2, -0.15) is 0 Å². The van der Waals surface area contributed by atoms with E-state index in [1.165, 1.54) is 9.80 Å². The predicted octanol–water partition coefficient (Wildman–Crippen LogP) is 2.87. The van der Waals surface area contributed by atoms with Crippen molar-refractivity contribution in [2.24, 2.45) is 0 Å². The minimum absolute atomic E-state index is 0.0573. The molecule has 3 rings (SSSR count). The quantitative estimate of drug-likeness (QED) is 0.455. The average Bonchev–Trinajstić information content (AvgIpc) is 2.99. The molecule has 2 aromatic rings. The first kappa shape index (κ1) is 21.4. The van der Waals surface area contributed by atoms with Crippen molar-refractivity contribution in [1.82, 2.24) is 14.5 Å². The Bertz CT molecular complexity index is 1030. The van der Waals surface area contributed by atoms with Gasteiger partial charge >= 0.3 is 0 Å². The third kappa shape index (κ3) is 3.78. The highest BCUT2D eigenvalue weighted by Crippen LogP contribution is 2.23. The summed E-state index contributed by atoms with van der Waals surface area (Å²) in [5.41, 5.74) is 5.61. The summed E-state index contributed by atoms with van der Waals surface area (Å²) in [6.07, 6.45) is 1.57. The van der Waals surface area contributed by atoms with Crippen LogP contribution in [-0.2, 0) is 9.59 Å². The summed E-state index contributed by atoms with van der Waals surface area (Å²) in [5.74, 6) is -1.06. The highest BCUT2D eigenvalue weighted by molar-refractivity contribution is 7.80. The van der Waals surface area contributed by atoms with Crippen LogP contribution in [0.15, 0.2) is 42.0 Å². The summed E-state index contributed by atoms with van der Waals surface area (Å²) >= 11 is 5.29. The first-order valence-electron chi connectivity index (χ1n) is 9.74. The van der Waals surface area contributed by atoms with Crippen molar-refractivity contribution in [2.75, 3.05) is 18.5 Å². The number of nitrogens with zero attached hydrogens (tertiary/aromatic N) is 3. The molecule has 156 valence electrons. The molecule has 1 aliphatic heterocycles. The molecule has 0 saturated carbocycles. The maximum Gasteiger partial charge on any atom is 0.270 e. The first-order valence-corrected chi connectivity index (χ1v) is 10.2. The molecule has 7 nitrogen and oxygen atoms in total. The van der Waals surface area contributed by atoms with Crippen LogP contribution in [0.3, 0.4) is 0 Å². The molecule has 1 aromatic heterocycles. The van der Waals surface area contributed by atoms with E-state index in [1.807, 2.05) is 39.8 Å². The zero-order valence-electron chi connectivity index (χ0n) is 17.4. The molecule has 0 spiro atoms. The zero-order chi connectivity index (χ0) is 22.0. The highest BCUT2D eigenvalue weighted by atomic mass is 32.1. The van der Waals surface area contributed by atoms with E-state index in [1.54, 1.807) is 35.0 Å². The van der Waals surface area contributed by atoms with Crippen LogP contribution < -0.4 is 5.43 Å². The Morgan fingerprint density at radius 2 is 1.60 bits per heavy atom. The number of aromatic nitrogens is 1. The third-order valence-corrected chi connectivity index (χ3v) is 5.51. The van der Waals surface area contributed by atoms with Crippen LogP contribution in [0.1, 0.15) is 41.2 Å². The molecule has 0 bridgehead atoms. The molecule has 1 aromatic carbocycles. The SMILES string of the molecule is CCN1C(=O)C(=Cc2cc(C)n(NC(=O)c3ccccc3)c2C)C(=O)N(CC)C1=S. The Labute approximate surface area is 180 Å². The van der Waals surface area contributed by atoms with E-state index in [0.29, 0.717) is 29.9 Å². The molecule has 2 heterocycles. The van der Waals surface area contributed by atoms with Crippen molar-refractivity contribution >= 4 is 41.1 Å². The van der Waals surface area contributed by atoms with Crippen LogP contribution in [0.5, 0.6) is 0 Å². The Hall–Kier alpha value is -3.26. The maximum atomic E-state index is 12.9. The van der Waals surface area contributed by atoms with Gasteiger partial charge < -0.3 is 0 Å². The second kappa shape index (κ2) is 8.62. The second-order valence-corrected chi connectivity index (χ2v) is 7.27. The minimum atomic E-state index is -0.407. The van der Waals surface area contributed by atoms with E-state index in [4.69, 9.17) is 12.2 Å². The molecular weight excluding hydrogens is 400 g/mol. The van der Waals surface area contributed by atoms with Crippen LogP contribution >= 0.6 is 12.2 Å². The largest absolute Gasteiger partial charge is 0.285 e. The van der Waals surface area contributed by atoms with Crippen molar-refractivity contribution < 1.29 is 14.4 Å². The van der Waals surface area contributed by atoms with Crippen LogP contribution in [-0.4, -0.2) is 50.4 Å². The number of amides is 3. The molecule has 0 aliphatic carbocycles. The first-order chi connectivity index (χ1) is 14.3. The molecule has 8 heteroatoms. The Morgan fingerprint density at radius 3 is 2.13 bits per heavy atom. The van der Waals surface area contributed by atoms with Crippen molar-refractivity contribution in [3.63, 3.8) is 0 Å². The fourth-order valence-corrected chi connectivity index (χ4v) is 3.82. The lowest BCUT2D eigenvalue weighted by atomic mass is 10.1. The standard InChI is InChI=1S/C22H24N4O3S/c1-5-24-20(28)18(21(29)25(6-2)22(24)30)13-17-12-14(3)26(15(17)4)23-19(27)16-10-8-7-9-11-16/h7-13H,5-6H2,1-4H3,(H,23,27). The van der Waals surface area contributed by atoms with Gasteiger partial charge in [-0.1, -0.05) is 18.2 Å². The number of carbonyl (C=O) groups is 3. The third-order valence-electron chi connectivity index (χ3n) is 5.06. The van der Waals surface area contributed by atoms with E-state index < -0.39 is 11.8 Å². The van der Waals surface area contributed by atoms with E-state index in [-0.39, 0.29) is 16.6 Å². The Balaban J connectivity index is 1.96. The summed E-state index contributed by atoms with van der Waals surface area (Å²) in [6, 6.07) is 10.7. The average molecular weight is 425 g/mol. The molecule has 1 aliphatic rings. The number of carbonyl (C=O) groups excluding carboxylic acids is 3. The number of hydrogen-bond donors (Lipinski definition) is 1. The van der Waals surface area contributed by atoms with Gasteiger partial charge in [0, 0.05) is 30.0 Å². The number of benzene rings is 1. The van der Waals surface area contributed by atoms with Gasteiger partial charge in [0.25, 0.3) is 17.7 Å². The van der Waals surface area contributed by atoms with Crippen LogP contribution in [0.25, 0.3) is 6.08 Å². The topological polar surface area (TPSA) is 74.6 Å². The smallest absolute Gasteiger partial charge is 0.270 e. The van der Waals surface area contributed by atoms with Crippen molar-refractivity contribution in [1.29, 1.82) is 0 Å².